The van der Waals surface area contributed by atoms with Crippen LogP contribution < -0.4 is 5.32 Å². The molecule has 31 heavy (non-hydrogen) atoms. The van der Waals surface area contributed by atoms with Gasteiger partial charge in [-0.3, -0.25) is 9.59 Å². The van der Waals surface area contributed by atoms with E-state index in [2.05, 4.69) is 43.2 Å². The normalized spacial score (nSPS) is 12.5. The molecule has 0 saturated carbocycles. The maximum absolute atomic E-state index is 12.7. The smallest absolute Gasteiger partial charge is 0.227 e. The monoisotopic (exact) mass is 464 g/mol. The summed E-state index contributed by atoms with van der Waals surface area (Å²) < 4.78 is 0. The van der Waals surface area contributed by atoms with Crippen LogP contribution in [0.3, 0.4) is 0 Å². The number of rotatable bonds is 10. The van der Waals surface area contributed by atoms with Gasteiger partial charge in [0.05, 0.1) is 0 Å². The number of hydrogen-bond donors (Lipinski definition) is 1. The highest BCUT2D eigenvalue weighted by Gasteiger charge is 2.21. The highest BCUT2D eigenvalue weighted by atomic mass is 35.5. The van der Waals surface area contributed by atoms with Crippen molar-refractivity contribution >= 4 is 39.9 Å². The van der Waals surface area contributed by atoms with Crippen LogP contribution in [-0.2, 0) is 9.59 Å². The largest absolute Gasteiger partial charge is 0.342 e. The Morgan fingerprint density at radius 2 is 1.84 bits per heavy atom. The molecule has 2 amide bonds. The van der Waals surface area contributed by atoms with Gasteiger partial charge in [-0.05, 0) is 36.3 Å². The van der Waals surface area contributed by atoms with Gasteiger partial charge in [0.15, 0.2) is 0 Å². The maximum Gasteiger partial charge on any atom is 0.227 e. The van der Waals surface area contributed by atoms with Crippen LogP contribution in [0.1, 0.15) is 60.3 Å². The lowest BCUT2D eigenvalue weighted by Crippen LogP contribution is -2.35. The summed E-state index contributed by atoms with van der Waals surface area (Å²) in [5, 5.41) is 12.8. The maximum atomic E-state index is 12.7. The van der Waals surface area contributed by atoms with Gasteiger partial charge in [0.1, 0.15) is 5.01 Å². The molecule has 170 valence electrons. The van der Waals surface area contributed by atoms with Crippen LogP contribution in [0.2, 0.25) is 5.02 Å². The van der Waals surface area contributed by atoms with Gasteiger partial charge in [0, 0.05) is 36.5 Å². The predicted molar refractivity (Wildman–Crippen MR) is 128 cm³/mol. The number of hydrogen-bond acceptors (Lipinski definition) is 5. The van der Waals surface area contributed by atoms with E-state index >= 15 is 0 Å². The minimum Gasteiger partial charge on any atom is -0.342 e. The van der Waals surface area contributed by atoms with Crippen LogP contribution in [0.5, 0.6) is 0 Å². The molecular formula is C23H33ClN4O2S. The van der Waals surface area contributed by atoms with Crippen LogP contribution >= 0.6 is 22.9 Å². The summed E-state index contributed by atoms with van der Waals surface area (Å²) >= 11 is 7.22. The number of halogens is 1. The van der Waals surface area contributed by atoms with Crippen LogP contribution in [0.4, 0.5) is 5.13 Å². The Labute approximate surface area is 194 Å². The summed E-state index contributed by atoms with van der Waals surface area (Å²) in [4.78, 5) is 27.0. The third-order valence-electron chi connectivity index (χ3n) is 4.70. The zero-order chi connectivity index (χ0) is 23.0. The first kappa shape index (κ1) is 25.3. The highest BCUT2D eigenvalue weighted by Crippen LogP contribution is 2.28. The van der Waals surface area contributed by atoms with E-state index in [1.54, 1.807) is 17.0 Å². The van der Waals surface area contributed by atoms with Crippen molar-refractivity contribution in [2.75, 3.05) is 18.4 Å². The van der Waals surface area contributed by atoms with Gasteiger partial charge in [0.2, 0.25) is 16.9 Å². The molecule has 0 spiro atoms. The number of carbonyl (C=O) groups excluding carboxylic acids is 2. The highest BCUT2D eigenvalue weighted by molar-refractivity contribution is 7.18. The van der Waals surface area contributed by atoms with Crippen molar-refractivity contribution in [1.82, 2.24) is 15.1 Å². The van der Waals surface area contributed by atoms with Gasteiger partial charge in [-0.2, -0.15) is 0 Å². The number of nitrogens with zero attached hydrogens (tertiary/aromatic N) is 3. The molecule has 1 heterocycles. The second-order valence-electron chi connectivity index (χ2n) is 9.17. The second-order valence-corrected chi connectivity index (χ2v) is 10.6. The summed E-state index contributed by atoms with van der Waals surface area (Å²) in [6.45, 7) is 11.8. The molecule has 0 fully saturated rings. The average molecular weight is 465 g/mol. The molecule has 1 aromatic carbocycles. The first-order valence-corrected chi connectivity index (χ1v) is 11.9. The molecule has 2 aromatic rings. The number of amides is 2. The molecule has 0 unspecified atom stereocenters. The van der Waals surface area contributed by atoms with Crippen molar-refractivity contribution in [2.45, 2.75) is 60.3 Å². The first-order chi connectivity index (χ1) is 14.6. The van der Waals surface area contributed by atoms with Crippen molar-refractivity contribution in [1.29, 1.82) is 0 Å². The molecule has 8 heteroatoms. The van der Waals surface area contributed by atoms with Crippen LogP contribution in [-0.4, -0.2) is 40.0 Å². The van der Waals surface area contributed by atoms with E-state index in [0.29, 0.717) is 40.6 Å². The SMILES string of the molecule is CCCN(CCC(=O)Nc1nnc(-c2ccc(Cl)cc2)s1)C(=O)C[C@@H](C)CC(C)(C)C. The summed E-state index contributed by atoms with van der Waals surface area (Å²) in [6.07, 6.45) is 2.60. The van der Waals surface area contributed by atoms with Gasteiger partial charge in [-0.25, -0.2) is 0 Å². The summed E-state index contributed by atoms with van der Waals surface area (Å²) in [5.41, 5.74) is 1.09. The molecule has 2 rings (SSSR count). The zero-order valence-electron chi connectivity index (χ0n) is 19.1. The fourth-order valence-electron chi connectivity index (χ4n) is 3.58. The average Bonchev–Trinajstić information content (AvgIpc) is 3.12. The predicted octanol–water partition coefficient (Wildman–Crippen LogP) is 5.89. The summed E-state index contributed by atoms with van der Waals surface area (Å²) in [5.74, 6) is 0.260. The number of nitrogens with one attached hydrogen (secondary N) is 1. The molecule has 1 N–H and O–H groups in total. The quantitative estimate of drug-likeness (QED) is 0.475. The Balaban J connectivity index is 1.87. The lowest BCUT2D eigenvalue weighted by Gasteiger charge is -2.26. The van der Waals surface area contributed by atoms with Crippen molar-refractivity contribution in [3.05, 3.63) is 29.3 Å². The van der Waals surface area contributed by atoms with Crippen molar-refractivity contribution in [3.63, 3.8) is 0 Å². The Bertz CT molecular complexity index is 861. The van der Waals surface area contributed by atoms with E-state index in [9.17, 15) is 9.59 Å². The standard InChI is InChI=1S/C23H33ClN4O2S/c1-6-12-28(20(30)14-16(2)15-23(3,4)5)13-11-19(29)25-22-27-26-21(31-22)17-7-9-18(24)10-8-17/h7-10,16H,6,11-15H2,1-5H3,(H,25,27,29)/t16-/m1/s1. The Morgan fingerprint density at radius 3 is 2.45 bits per heavy atom. The van der Waals surface area contributed by atoms with E-state index in [1.807, 2.05) is 19.1 Å². The van der Waals surface area contributed by atoms with Crippen molar-refractivity contribution in [2.24, 2.45) is 11.3 Å². The first-order valence-electron chi connectivity index (χ1n) is 10.7. The van der Waals surface area contributed by atoms with Gasteiger partial charge in [0.25, 0.3) is 0 Å². The Kier molecular flexibility index (Phi) is 9.44. The number of aromatic nitrogens is 2. The molecule has 0 radical (unpaired) electrons. The van der Waals surface area contributed by atoms with E-state index < -0.39 is 0 Å². The molecular weight excluding hydrogens is 432 g/mol. The molecule has 1 atom stereocenters. The van der Waals surface area contributed by atoms with Gasteiger partial charge in [-0.1, -0.05) is 69.7 Å². The third kappa shape index (κ3) is 8.95. The van der Waals surface area contributed by atoms with Crippen LogP contribution in [0.25, 0.3) is 10.6 Å². The summed E-state index contributed by atoms with van der Waals surface area (Å²) in [6, 6.07) is 7.31. The van der Waals surface area contributed by atoms with Crippen LogP contribution in [0.15, 0.2) is 24.3 Å². The van der Waals surface area contributed by atoms with E-state index in [-0.39, 0.29) is 23.7 Å². The lowest BCUT2D eigenvalue weighted by atomic mass is 9.84. The summed E-state index contributed by atoms with van der Waals surface area (Å²) in [7, 11) is 0. The van der Waals surface area contributed by atoms with E-state index in [0.717, 1.165) is 18.4 Å². The number of benzene rings is 1. The van der Waals surface area contributed by atoms with Gasteiger partial charge >= 0.3 is 0 Å². The molecule has 6 nitrogen and oxygen atoms in total. The fourth-order valence-corrected chi connectivity index (χ4v) is 4.47. The molecule has 0 aliphatic carbocycles. The Morgan fingerprint density at radius 1 is 1.16 bits per heavy atom. The molecule has 0 aliphatic rings. The topological polar surface area (TPSA) is 75.2 Å². The minimum absolute atomic E-state index is 0.118. The molecule has 0 saturated heterocycles. The molecule has 1 aromatic heterocycles. The zero-order valence-corrected chi connectivity index (χ0v) is 20.6. The minimum atomic E-state index is -0.171. The van der Waals surface area contributed by atoms with Crippen molar-refractivity contribution < 1.29 is 9.59 Å². The van der Waals surface area contributed by atoms with Gasteiger partial charge in [-0.15, -0.1) is 10.2 Å². The molecule has 0 bridgehead atoms. The Hall–Kier alpha value is -1.99. The number of anilines is 1. The third-order valence-corrected chi connectivity index (χ3v) is 5.84. The fraction of sp³-hybridized carbons (Fsp3) is 0.565. The second kappa shape index (κ2) is 11.6. The van der Waals surface area contributed by atoms with Gasteiger partial charge < -0.3 is 10.2 Å². The van der Waals surface area contributed by atoms with Crippen molar-refractivity contribution in [3.8, 4) is 10.6 Å². The van der Waals surface area contributed by atoms with E-state index in [4.69, 9.17) is 11.6 Å². The molecule has 0 aliphatic heterocycles. The van der Waals surface area contributed by atoms with E-state index in [1.165, 1.54) is 11.3 Å². The number of carbonyl (C=O) groups is 2. The lowest BCUT2D eigenvalue weighted by molar-refractivity contribution is -0.132. The van der Waals surface area contributed by atoms with Crippen LogP contribution in [0, 0.1) is 11.3 Å².